The number of benzene rings is 5. The Hall–Kier alpha value is -6.08. The molecule has 0 atom stereocenters. The van der Waals surface area contributed by atoms with E-state index < -0.39 is 0 Å². The molecule has 0 saturated carbocycles. The number of ether oxygens (including phenoxy) is 3. The molecule has 5 aromatic rings. The van der Waals surface area contributed by atoms with Crippen molar-refractivity contribution in [2.75, 3.05) is 21.3 Å². The van der Waals surface area contributed by atoms with Gasteiger partial charge in [-0.1, -0.05) is 150 Å². The van der Waals surface area contributed by atoms with E-state index in [1.165, 1.54) is 54.9 Å². The molecule has 5 aromatic carbocycles. The van der Waals surface area contributed by atoms with Crippen molar-refractivity contribution >= 4 is 21.5 Å². The van der Waals surface area contributed by atoms with E-state index in [4.69, 9.17) is 14.2 Å². The molecule has 0 amide bonds. The first-order chi connectivity index (χ1) is 28.7. The molecule has 0 fully saturated rings. The lowest BCUT2D eigenvalue weighted by molar-refractivity contribution is 0.336. The average molecular weight is 785 g/mol. The van der Waals surface area contributed by atoms with E-state index in [9.17, 15) is 0 Å². The zero-order valence-electron chi connectivity index (χ0n) is 36.9. The van der Waals surface area contributed by atoms with Gasteiger partial charge in [0.2, 0.25) is 0 Å². The monoisotopic (exact) mass is 784 g/mol. The van der Waals surface area contributed by atoms with Gasteiger partial charge in [0.1, 0.15) is 0 Å². The van der Waals surface area contributed by atoms with Crippen LogP contribution in [0.4, 0.5) is 0 Å². The molecule has 0 aliphatic rings. The highest BCUT2D eigenvalue weighted by Crippen LogP contribution is 2.24. The minimum absolute atomic E-state index is 0.414. The number of fused-ring (bicyclic) bond motifs is 2. The summed E-state index contributed by atoms with van der Waals surface area (Å²) in [6.45, 7) is 12.7. The summed E-state index contributed by atoms with van der Waals surface area (Å²) in [5.41, 5.74) is 7.91. The number of methoxy groups -OCH3 is 3. The van der Waals surface area contributed by atoms with Gasteiger partial charge in [-0.2, -0.15) is 0 Å². The summed E-state index contributed by atoms with van der Waals surface area (Å²) in [6.07, 6.45) is 16.4. The van der Waals surface area contributed by atoms with Gasteiger partial charge < -0.3 is 14.2 Å². The van der Waals surface area contributed by atoms with E-state index in [1.54, 1.807) is 40.1 Å². The third-order valence-corrected chi connectivity index (χ3v) is 9.03. The number of hydrogen-bond acceptors (Lipinski definition) is 3. The quantitative estimate of drug-likeness (QED) is 0.0931. The molecular formula is C56H64O3. The van der Waals surface area contributed by atoms with E-state index in [0.717, 1.165) is 38.5 Å². The highest BCUT2D eigenvalue weighted by molar-refractivity contribution is 5.87. The summed E-state index contributed by atoms with van der Waals surface area (Å²) in [6, 6.07) is 34.3. The van der Waals surface area contributed by atoms with Crippen molar-refractivity contribution < 1.29 is 14.2 Å². The van der Waals surface area contributed by atoms with Crippen LogP contribution in [-0.2, 0) is 52.7 Å². The molecule has 0 aromatic heterocycles. The lowest BCUT2D eigenvalue weighted by Gasteiger charge is -2.10. The van der Waals surface area contributed by atoms with Crippen LogP contribution in [0.2, 0.25) is 0 Å². The molecule has 306 valence electrons. The van der Waals surface area contributed by atoms with E-state index >= 15 is 0 Å². The Balaban J connectivity index is 0.000000238. The van der Waals surface area contributed by atoms with Crippen LogP contribution in [0.3, 0.4) is 0 Å². The lowest BCUT2D eigenvalue weighted by atomic mass is 9.95. The van der Waals surface area contributed by atoms with Gasteiger partial charge in [0.05, 0.1) is 40.1 Å². The highest BCUT2D eigenvalue weighted by atomic mass is 16.5. The predicted molar refractivity (Wildman–Crippen MR) is 253 cm³/mol. The molecule has 0 saturated heterocycles. The van der Waals surface area contributed by atoms with Crippen LogP contribution in [0.1, 0.15) is 74.9 Å². The molecule has 5 rings (SSSR count). The molecule has 3 nitrogen and oxygen atoms in total. The van der Waals surface area contributed by atoms with Crippen molar-refractivity contribution in [2.45, 2.75) is 80.1 Å². The summed E-state index contributed by atoms with van der Waals surface area (Å²) < 4.78 is 14.9. The number of hydrogen-bond donors (Lipinski definition) is 0. The zero-order valence-corrected chi connectivity index (χ0v) is 36.9. The van der Waals surface area contributed by atoms with Crippen LogP contribution in [0.5, 0.6) is 0 Å². The highest BCUT2D eigenvalue weighted by Gasteiger charge is 2.06. The Morgan fingerprint density at radius 2 is 0.847 bits per heavy atom. The van der Waals surface area contributed by atoms with Gasteiger partial charge in [0.15, 0.2) is 0 Å². The Morgan fingerprint density at radius 1 is 0.424 bits per heavy atom. The SMILES string of the molecule is CO/C=C/Cc1cc2ccccc2cc1CC#CC(C)C.CO/C=C/Cc1ccc2ccccc2c1CC#CC(C)C.CO/C=C/Cc1ccccc1CC#CC(C)C. The van der Waals surface area contributed by atoms with Crippen molar-refractivity contribution in [2.24, 2.45) is 17.8 Å². The molecule has 0 spiro atoms. The molecular weight excluding hydrogens is 721 g/mol. The molecule has 59 heavy (non-hydrogen) atoms. The van der Waals surface area contributed by atoms with E-state index in [2.05, 4.69) is 174 Å². The summed E-state index contributed by atoms with van der Waals surface area (Å²) in [4.78, 5) is 0. The van der Waals surface area contributed by atoms with Crippen LogP contribution >= 0.6 is 0 Å². The largest absolute Gasteiger partial charge is 0.505 e. The third kappa shape index (κ3) is 17.9. The van der Waals surface area contributed by atoms with Crippen LogP contribution in [0.25, 0.3) is 21.5 Å². The second kappa shape index (κ2) is 27.5. The second-order valence-corrected chi connectivity index (χ2v) is 15.1. The molecule has 0 N–H and O–H groups in total. The summed E-state index contributed by atoms with van der Waals surface area (Å²) in [5, 5.41) is 5.13. The minimum Gasteiger partial charge on any atom is -0.505 e. The first kappa shape index (κ1) is 47.3. The maximum absolute atomic E-state index is 4.99. The molecule has 0 heterocycles. The minimum atomic E-state index is 0.414. The Bertz CT molecular complexity index is 2280. The Morgan fingerprint density at radius 3 is 1.39 bits per heavy atom. The van der Waals surface area contributed by atoms with Gasteiger partial charge >= 0.3 is 0 Å². The third-order valence-electron chi connectivity index (χ3n) is 9.03. The first-order valence-corrected chi connectivity index (χ1v) is 20.7. The topological polar surface area (TPSA) is 27.7 Å². The Kier molecular flexibility index (Phi) is 22.1. The molecule has 0 radical (unpaired) electrons. The maximum Gasteiger partial charge on any atom is 0.0788 e. The molecule has 0 bridgehead atoms. The second-order valence-electron chi connectivity index (χ2n) is 15.1. The molecule has 3 heteroatoms. The van der Waals surface area contributed by atoms with Gasteiger partial charge in [-0.15, -0.1) is 17.8 Å². The van der Waals surface area contributed by atoms with Crippen LogP contribution in [0.15, 0.2) is 134 Å². The van der Waals surface area contributed by atoms with Crippen molar-refractivity contribution in [3.63, 3.8) is 0 Å². The Labute approximate surface area is 356 Å². The van der Waals surface area contributed by atoms with Gasteiger partial charge in [0, 0.05) is 37.0 Å². The molecule has 0 aliphatic heterocycles. The fraction of sp³-hybridized carbons (Fsp3) is 0.321. The van der Waals surface area contributed by atoms with Gasteiger partial charge in [0.25, 0.3) is 0 Å². The summed E-state index contributed by atoms with van der Waals surface area (Å²) in [5.74, 6) is 20.8. The lowest BCUT2D eigenvalue weighted by Crippen LogP contribution is -1.95. The van der Waals surface area contributed by atoms with Crippen LogP contribution < -0.4 is 0 Å². The summed E-state index contributed by atoms with van der Waals surface area (Å²) in [7, 11) is 5.01. The fourth-order valence-electron chi connectivity index (χ4n) is 6.26. The van der Waals surface area contributed by atoms with Crippen LogP contribution in [0, 0.1) is 53.3 Å². The van der Waals surface area contributed by atoms with E-state index in [0.29, 0.717) is 17.8 Å². The molecule has 0 aliphatic carbocycles. The average Bonchev–Trinajstić information content (AvgIpc) is 3.22. The smallest absolute Gasteiger partial charge is 0.0788 e. The van der Waals surface area contributed by atoms with Crippen molar-refractivity contribution in [1.29, 1.82) is 0 Å². The fourth-order valence-corrected chi connectivity index (χ4v) is 6.26. The van der Waals surface area contributed by atoms with E-state index in [1.807, 2.05) is 18.2 Å². The van der Waals surface area contributed by atoms with E-state index in [-0.39, 0.29) is 0 Å². The van der Waals surface area contributed by atoms with Crippen molar-refractivity contribution in [3.05, 3.63) is 167 Å². The normalized spacial score (nSPS) is 10.7. The number of allylic oxidation sites excluding steroid dienone is 3. The number of rotatable bonds is 12. The van der Waals surface area contributed by atoms with Gasteiger partial charge in [-0.05, 0) is 98.5 Å². The first-order valence-electron chi connectivity index (χ1n) is 20.7. The summed E-state index contributed by atoms with van der Waals surface area (Å²) >= 11 is 0. The van der Waals surface area contributed by atoms with Crippen molar-refractivity contribution in [3.8, 4) is 35.5 Å². The zero-order chi connectivity index (χ0) is 42.7. The van der Waals surface area contributed by atoms with Gasteiger partial charge in [-0.3, -0.25) is 0 Å². The standard InChI is InChI=1S/2C20H22O.C16H20O/c1-16(2)8-6-12-20-18(10-7-15-21-3)14-13-17-9-4-5-11-19(17)20;1-16(2)8-6-11-19-14-17-9-4-5-10-18(17)15-20(19)12-7-13-21-3;1-14(2)8-6-11-15-9-4-5-10-16(15)12-7-13-17-3/h4-5,7,9,11,13-16H,10,12H2,1-3H3;4-5,7,9-10,13-16H,11-12H2,1-3H3;4-5,7,9-10,13-14H,11-12H2,1-3H3/b15-7+;2*13-7+. The van der Waals surface area contributed by atoms with Crippen molar-refractivity contribution in [1.82, 2.24) is 0 Å². The predicted octanol–water partition coefficient (Wildman–Crippen LogP) is 13.1. The molecule has 0 unspecified atom stereocenters. The van der Waals surface area contributed by atoms with Gasteiger partial charge in [-0.25, -0.2) is 0 Å². The van der Waals surface area contributed by atoms with Crippen LogP contribution in [-0.4, -0.2) is 21.3 Å². The maximum atomic E-state index is 4.99.